The standard InChI is InChI=1S/C21H22N6OS3/c1-21(29-8-9-30-21)15-11-24-27(13-15)18-7-5-16(12-22-18)31-25-19-17(28-3)6-4-14-10-23-26(2)20(14)19/h4-7,10-13,25H,8-9H2,1-3H3. The monoisotopic (exact) mass is 470 g/mol. The fraction of sp³-hybridized carbons (Fsp3) is 0.286. The van der Waals surface area contributed by atoms with Crippen molar-refractivity contribution in [1.29, 1.82) is 0 Å². The van der Waals surface area contributed by atoms with Gasteiger partial charge in [0.05, 0.1) is 29.1 Å². The van der Waals surface area contributed by atoms with Gasteiger partial charge in [0.15, 0.2) is 5.82 Å². The van der Waals surface area contributed by atoms with Gasteiger partial charge in [0.1, 0.15) is 11.4 Å². The van der Waals surface area contributed by atoms with Crippen molar-refractivity contribution in [3.63, 3.8) is 0 Å². The first kappa shape index (κ1) is 20.6. The lowest BCUT2D eigenvalue weighted by atomic mass is 10.2. The van der Waals surface area contributed by atoms with Gasteiger partial charge in [-0.15, -0.1) is 23.5 Å². The summed E-state index contributed by atoms with van der Waals surface area (Å²) in [6.45, 7) is 2.27. The summed E-state index contributed by atoms with van der Waals surface area (Å²) in [6, 6.07) is 7.98. The molecule has 31 heavy (non-hydrogen) atoms. The van der Waals surface area contributed by atoms with Gasteiger partial charge in [0.25, 0.3) is 0 Å². The predicted octanol–water partition coefficient (Wildman–Crippen LogP) is 4.93. The fourth-order valence-electron chi connectivity index (χ4n) is 3.56. The van der Waals surface area contributed by atoms with E-state index < -0.39 is 0 Å². The molecule has 0 aliphatic carbocycles. The van der Waals surface area contributed by atoms with E-state index in [1.54, 1.807) is 7.11 Å². The summed E-state index contributed by atoms with van der Waals surface area (Å²) in [6.07, 6.45) is 7.75. The summed E-state index contributed by atoms with van der Waals surface area (Å²) in [5.74, 6) is 3.94. The van der Waals surface area contributed by atoms with Crippen LogP contribution in [0, 0.1) is 0 Å². The van der Waals surface area contributed by atoms with Gasteiger partial charge in [0.2, 0.25) is 0 Å². The zero-order chi connectivity index (χ0) is 21.4. The van der Waals surface area contributed by atoms with E-state index in [1.807, 2.05) is 82.8 Å². The Morgan fingerprint density at radius 3 is 2.68 bits per heavy atom. The van der Waals surface area contributed by atoms with Crippen LogP contribution in [0.25, 0.3) is 16.7 Å². The second kappa shape index (κ2) is 8.33. The maximum atomic E-state index is 5.55. The average Bonchev–Trinajstić information content (AvgIpc) is 3.53. The minimum absolute atomic E-state index is 0.0871. The molecular formula is C21H22N6OS3. The van der Waals surface area contributed by atoms with Crippen LogP contribution in [-0.2, 0) is 11.1 Å². The zero-order valence-corrected chi connectivity index (χ0v) is 19.9. The molecule has 1 saturated heterocycles. The highest BCUT2D eigenvalue weighted by atomic mass is 32.2. The van der Waals surface area contributed by atoms with E-state index in [0.717, 1.165) is 33.1 Å². The van der Waals surface area contributed by atoms with Crippen molar-refractivity contribution in [1.82, 2.24) is 24.5 Å². The number of aromatic nitrogens is 5. The number of thioether (sulfide) groups is 2. The summed E-state index contributed by atoms with van der Waals surface area (Å²) >= 11 is 5.45. The van der Waals surface area contributed by atoms with Crippen LogP contribution in [0.3, 0.4) is 0 Å². The second-order valence-electron chi connectivity index (χ2n) is 7.22. The highest BCUT2D eigenvalue weighted by Gasteiger charge is 2.33. The molecule has 0 unspecified atom stereocenters. The van der Waals surface area contributed by atoms with Crippen molar-refractivity contribution >= 4 is 52.1 Å². The minimum Gasteiger partial charge on any atom is -0.494 e. The molecule has 0 radical (unpaired) electrons. The Labute approximate surface area is 193 Å². The highest BCUT2D eigenvalue weighted by molar-refractivity contribution is 8.20. The number of hydrogen-bond acceptors (Lipinski definition) is 8. The van der Waals surface area contributed by atoms with E-state index in [9.17, 15) is 0 Å². The molecule has 7 nitrogen and oxygen atoms in total. The summed E-state index contributed by atoms with van der Waals surface area (Å²) in [4.78, 5) is 5.61. The fourth-order valence-corrected chi connectivity index (χ4v) is 7.04. The molecule has 160 valence electrons. The van der Waals surface area contributed by atoms with Gasteiger partial charge in [0, 0.05) is 46.8 Å². The number of methoxy groups -OCH3 is 1. The van der Waals surface area contributed by atoms with Crippen molar-refractivity contribution in [2.75, 3.05) is 23.3 Å². The van der Waals surface area contributed by atoms with Crippen LogP contribution in [-0.4, -0.2) is 43.2 Å². The third-order valence-corrected chi connectivity index (χ3v) is 9.39. The Kier molecular flexibility index (Phi) is 5.53. The van der Waals surface area contributed by atoms with Gasteiger partial charge in [-0.1, -0.05) is 0 Å². The van der Waals surface area contributed by atoms with Crippen LogP contribution in [0.4, 0.5) is 5.69 Å². The Bertz CT molecular complexity index is 1210. The average molecular weight is 471 g/mol. The van der Waals surface area contributed by atoms with Gasteiger partial charge in [-0.3, -0.25) is 4.68 Å². The number of aryl methyl sites for hydroxylation is 1. The smallest absolute Gasteiger partial charge is 0.153 e. The van der Waals surface area contributed by atoms with Crippen molar-refractivity contribution in [3.8, 4) is 11.6 Å². The number of ether oxygens (including phenoxy) is 1. The molecule has 1 aromatic carbocycles. The van der Waals surface area contributed by atoms with Gasteiger partial charge in [-0.25, -0.2) is 9.67 Å². The number of rotatable bonds is 6. The number of benzene rings is 1. The highest BCUT2D eigenvalue weighted by Crippen LogP contribution is 2.51. The molecular weight excluding hydrogens is 448 g/mol. The molecule has 10 heteroatoms. The topological polar surface area (TPSA) is 69.8 Å². The maximum Gasteiger partial charge on any atom is 0.153 e. The lowest BCUT2D eigenvalue weighted by molar-refractivity contribution is 0.417. The zero-order valence-electron chi connectivity index (χ0n) is 17.4. The van der Waals surface area contributed by atoms with Gasteiger partial charge in [-0.05, 0) is 43.1 Å². The predicted molar refractivity (Wildman–Crippen MR) is 130 cm³/mol. The SMILES string of the molecule is COc1ccc2cnn(C)c2c1NSc1ccc(-n2cc(C3(C)SCCS3)cn2)nc1. The van der Waals surface area contributed by atoms with E-state index >= 15 is 0 Å². The van der Waals surface area contributed by atoms with Crippen LogP contribution < -0.4 is 9.46 Å². The first-order valence-electron chi connectivity index (χ1n) is 9.78. The van der Waals surface area contributed by atoms with E-state index in [0.29, 0.717) is 0 Å². The minimum atomic E-state index is 0.0871. The van der Waals surface area contributed by atoms with Gasteiger partial charge < -0.3 is 9.46 Å². The van der Waals surface area contributed by atoms with Crippen molar-refractivity contribution < 1.29 is 4.74 Å². The van der Waals surface area contributed by atoms with E-state index in [1.165, 1.54) is 29.0 Å². The van der Waals surface area contributed by atoms with E-state index in [2.05, 4.69) is 33.0 Å². The molecule has 1 N–H and O–H groups in total. The quantitative estimate of drug-likeness (QED) is 0.398. The Morgan fingerprint density at radius 2 is 1.94 bits per heavy atom. The largest absolute Gasteiger partial charge is 0.494 e. The summed E-state index contributed by atoms with van der Waals surface area (Å²) in [5, 5.41) is 9.95. The molecule has 4 aromatic rings. The molecule has 0 bridgehead atoms. The molecule has 0 spiro atoms. The lowest BCUT2D eigenvalue weighted by Crippen LogP contribution is -2.07. The van der Waals surface area contributed by atoms with Crippen LogP contribution in [0.15, 0.2) is 53.9 Å². The molecule has 1 fully saturated rings. The maximum absolute atomic E-state index is 5.55. The number of fused-ring (bicyclic) bond motifs is 1. The van der Waals surface area contributed by atoms with Gasteiger partial charge in [-0.2, -0.15) is 10.2 Å². The summed E-state index contributed by atoms with van der Waals surface area (Å²) < 4.78 is 12.7. The van der Waals surface area contributed by atoms with Crippen LogP contribution in [0.2, 0.25) is 0 Å². The molecule has 5 rings (SSSR count). The van der Waals surface area contributed by atoms with Crippen molar-refractivity contribution in [3.05, 3.63) is 54.6 Å². The molecule has 1 aliphatic heterocycles. The summed E-state index contributed by atoms with van der Waals surface area (Å²) in [5.41, 5.74) is 3.13. The lowest BCUT2D eigenvalue weighted by Gasteiger charge is -2.19. The van der Waals surface area contributed by atoms with E-state index in [-0.39, 0.29) is 4.08 Å². The number of hydrogen-bond donors (Lipinski definition) is 1. The third-order valence-electron chi connectivity index (χ3n) is 5.26. The normalized spacial score (nSPS) is 15.5. The molecule has 1 aliphatic rings. The molecule has 0 amide bonds. The Morgan fingerprint density at radius 1 is 1.10 bits per heavy atom. The first-order chi connectivity index (χ1) is 15.1. The summed E-state index contributed by atoms with van der Waals surface area (Å²) in [7, 11) is 3.60. The third kappa shape index (κ3) is 3.88. The molecule has 3 aromatic heterocycles. The van der Waals surface area contributed by atoms with Crippen LogP contribution in [0.5, 0.6) is 5.75 Å². The Hall–Kier alpha value is -2.30. The van der Waals surface area contributed by atoms with Crippen molar-refractivity contribution in [2.24, 2.45) is 7.05 Å². The number of anilines is 1. The van der Waals surface area contributed by atoms with E-state index in [4.69, 9.17) is 4.74 Å². The van der Waals surface area contributed by atoms with Crippen LogP contribution >= 0.6 is 35.5 Å². The second-order valence-corrected chi connectivity index (χ2v) is 11.4. The molecule has 0 saturated carbocycles. The van der Waals surface area contributed by atoms with Gasteiger partial charge >= 0.3 is 0 Å². The first-order valence-corrected chi connectivity index (χ1v) is 12.6. The Balaban J connectivity index is 1.33. The molecule has 0 atom stereocenters. The molecule has 4 heterocycles. The number of nitrogens with zero attached hydrogens (tertiary/aromatic N) is 5. The number of nitrogens with one attached hydrogen (secondary N) is 1. The number of pyridine rings is 1. The van der Waals surface area contributed by atoms with Crippen molar-refractivity contribution in [2.45, 2.75) is 15.9 Å². The van der Waals surface area contributed by atoms with Crippen LogP contribution in [0.1, 0.15) is 12.5 Å².